The average Bonchev–Trinajstić information content (AvgIpc) is 2.46. The van der Waals surface area contributed by atoms with Crippen LogP contribution in [0.5, 0.6) is 5.75 Å². The number of carbonyl (C=O) groups excluding carboxylic acids is 1. The first-order chi connectivity index (χ1) is 9.20. The molecule has 0 N–H and O–H groups in total. The third kappa shape index (κ3) is 3.97. The summed E-state index contributed by atoms with van der Waals surface area (Å²) in [6, 6.07) is 5.73. The molecule has 1 aliphatic rings. The first-order valence-corrected chi connectivity index (χ1v) is 7.52. The number of halogens is 1. The molecule has 2 rings (SSSR count). The summed E-state index contributed by atoms with van der Waals surface area (Å²) in [5.74, 6) is 1.49. The summed E-state index contributed by atoms with van der Waals surface area (Å²) in [6.07, 6.45) is 6.76. The Labute approximate surface area is 120 Å². The zero-order valence-electron chi connectivity index (χ0n) is 11.5. The zero-order valence-corrected chi connectivity index (χ0v) is 12.2. The predicted octanol–water partition coefficient (Wildman–Crippen LogP) is 4.75. The predicted molar refractivity (Wildman–Crippen MR) is 78.1 cm³/mol. The number of carbonyl (C=O) groups is 1. The van der Waals surface area contributed by atoms with Crippen molar-refractivity contribution in [1.82, 2.24) is 0 Å². The normalized spacial score (nSPS) is 16.3. The number of benzene rings is 1. The van der Waals surface area contributed by atoms with E-state index in [0.717, 1.165) is 10.8 Å². The second-order valence-electron chi connectivity index (χ2n) is 5.20. The van der Waals surface area contributed by atoms with Crippen molar-refractivity contribution in [3.8, 4) is 5.75 Å². The fraction of sp³-hybridized carbons (Fsp3) is 0.562. The van der Waals surface area contributed by atoms with Crippen molar-refractivity contribution in [3.63, 3.8) is 0 Å². The van der Waals surface area contributed by atoms with Gasteiger partial charge in [-0.25, -0.2) is 0 Å². The van der Waals surface area contributed by atoms with Crippen molar-refractivity contribution >= 4 is 17.4 Å². The highest BCUT2D eigenvalue weighted by Crippen LogP contribution is 2.38. The van der Waals surface area contributed by atoms with E-state index in [1.807, 2.05) is 25.1 Å². The lowest BCUT2D eigenvalue weighted by Gasteiger charge is -2.24. The summed E-state index contributed by atoms with van der Waals surface area (Å²) >= 11 is 6.10. The minimum atomic E-state index is 0.129. The first-order valence-electron chi connectivity index (χ1n) is 7.14. The SMILES string of the molecule is CCC(=O)COc1ccc(Cl)cc1C1CCCCC1. The van der Waals surface area contributed by atoms with E-state index < -0.39 is 0 Å². The van der Waals surface area contributed by atoms with E-state index in [0.29, 0.717) is 12.3 Å². The van der Waals surface area contributed by atoms with Crippen LogP contribution in [0, 0.1) is 0 Å². The van der Waals surface area contributed by atoms with Crippen LogP contribution >= 0.6 is 11.6 Å². The maximum atomic E-state index is 11.4. The number of hydrogen-bond acceptors (Lipinski definition) is 2. The molecule has 0 aromatic heterocycles. The van der Waals surface area contributed by atoms with Crippen LogP contribution in [0.25, 0.3) is 0 Å². The molecule has 0 heterocycles. The summed E-state index contributed by atoms with van der Waals surface area (Å²) in [6.45, 7) is 2.02. The van der Waals surface area contributed by atoms with Crippen LogP contribution < -0.4 is 4.74 Å². The Bertz CT molecular complexity index is 436. The second kappa shape index (κ2) is 6.95. The lowest BCUT2D eigenvalue weighted by molar-refractivity contribution is -0.120. The minimum Gasteiger partial charge on any atom is -0.486 e. The summed E-state index contributed by atoms with van der Waals surface area (Å²) in [7, 11) is 0. The lowest BCUT2D eigenvalue weighted by atomic mass is 9.84. The summed E-state index contributed by atoms with van der Waals surface area (Å²) in [5, 5.41) is 0.745. The molecule has 19 heavy (non-hydrogen) atoms. The molecular formula is C16H21ClO2. The standard InChI is InChI=1S/C16H21ClO2/c1-2-14(18)11-19-16-9-8-13(17)10-15(16)12-6-4-3-5-7-12/h8-10,12H,2-7,11H2,1H3. The summed E-state index contributed by atoms with van der Waals surface area (Å²) < 4.78 is 5.69. The Balaban J connectivity index is 2.14. The van der Waals surface area contributed by atoms with E-state index in [2.05, 4.69) is 0 Å². The molecule has 0 atom stereocenters. The van der Waals surface area contributed by atoms with Gasteiger partial charge in [-0.1, -0.05) is 37.8 Å². The quantitative estimate of drug-likeness (QED) is 0.778. The topological polar surface area (TPSA) is 26.3 Å². The van der Waals surface area contributed by atoms with Gasteiger partial charge >= 0.3 is 0 Å². The number of rotatable bonds is 5. The molecule has 104 valence electrons. The molecule has 1 fully saturated rings. The van der Waals surface area contributed by atoms with Gasteiger partial charge in [0, 0.05) is 11.4 Å². The Hall–Kier alpha value is -1.02. The summed E-state index contributed by atoms with van der Waals surface area (Å²) in [5.41, 5.74) is 1.18. The van der Waals surface area contributed by atoms with Gasteiger partial charge in [0.05, 0.1) is 0 Å². The number of ketones is 1. The van der Waals surface area contributed by atoms with Gasteiger partial charge in [0.25, 0.3) is 0 Å². The fourth-order valence-electron chi connectivity index (χ4n) is 2.64. The third-order valence-electron chi connectivity index (χ3n) is 3.80. The van der Waals surface area contributed by atoms with Gasteiger partial charge in [-0.15, -0.1) is 0 Å². The summed E-state index contributed by atoms with van der Waals surface area (Å²) in [4.78, 5) is 11.4. The van der Waals surface area contributed by atoms with Crippen molar-refractivity contribution in [2.45, 2.75) is 51.4 Å². The molecule has 1 aromatic rings. The molecule has 1 aromatic carbocycles. The van der Waals surface area contributed by atoms with Crippen LogP contribution in [0.2, 0.25) is 5.02 Å². The lowest BCUT2D eigenvalue weighted by Crippen LogP contribution is -2.12. The Morgan fingerprint density at radius 3 is 2.74 bits per heavy atom. The Morgan fingerprint density at radius 2 is 2.05 bits per heavy atom. The molecule has 1 aliphatic carbocycles. The molecule has 0 spiro atoms. The second-order valence-corrected chi connectivity index (χ2v) is 5.63. The van der Waals surface area contributed by atoms with Crippen LogP contribution in [-0.4, -0.2) is 12.4 Å². The smallest absolute Gasteiger partial charge is 0.169 e. The van der Waals surface area contributed by atoms with E-state index in [4.69, 9.17) is 16.3 Å². The van der Waals surface area contributed by atoms with Crippen molar-refractivity contribution < 1.29 is 9.53 Å². The molecule has 2 nitrogen and oxygen atoms in total. The molecular weight excluding hydrogens is 260 g/mol. The van der Waals surface area contributed by atoms with E-state index in [1.54, 1.807) is 0 Å². The first kappa shape index (κ1) is 14.4. The van der Waals surface area contributed by atoms with E-state index in [-0.39, 0.29) is 12.4 Å². The van der Waals surface area contributed by atoms with E-state index in [9.17, 15) is 4.79 Å². The van der Waals surface area contributed by atoms with Crippen LogP contribution in [0.3, 0.4) is 0 Å². The van der Waals surface area contributed by atoms with Crippen molar-refractivity contribution in [1.29, 1.82) is 0 Å². The molecule has 0 amide bonds. The van der Waals surface area contributed by atoms with Crippen molar-refractivity contribution in [2.75, 3.05) is 6.61 Å². The molecule has 3 heteroatoms. The Kier molecular flexibility index (Phi) is 5.26. The van der Waals surface area contributed by atoms with Gasteiger partial charge in [0.2, 0.25) is 0 Å². The number of ether oxygens (including phenoxy) is 1. The van der Waals surface area contributed by atoms with Gasteiger partial charge in [-0.2, -0.15) is 0 Å². The van der Waals surface area contributed by atoms with Crippen molar-refractivity contribution in [3.05, 3.63) is 28.8 Å². The molecule has 1 saturated carbocycles. The van der Waals surface area contributed by atoms with Crippen LogP contribution in [0.4, 0.5) is 0 Å². The fourth-order valence-corrected chi connectivity index (χ4v) is 2.82. The van der Waals surface area contributed by atoms with Gasteiger partial charge in [0.15, 0.2) is 5.78 Å². The minimum absolute atomic E-state index is 0.129. The zero-order chi connectivity index (χ0) is 13.7. The van der Waals surface area contributed by atoms with E-state index >= 15 is 0 Å². The molecule has 0 radical (unpaired) electrons. The maximum absolute atomic E-state index is 11.4. The van der Waals surface area contributed by atoms with Gasteiger partial charge < -0.3 is 4.74 Å². The number of hydrogen-bond donors (Lipinski definition) is 0. The number of Topliss-reactive ketones (excluding diaryl/α,β-unsaturated/α-hetero) is 1. The maximum Gasteiger partial charge on any atom is 0.169 e. The van der Waals surface area contributed by atoms with E-state index in [1.165, 1.54) is 37.7 Å². The highest BCUT2D eigenvalue weighted by Gasteiger charge is 2.20. The van der Waals surface area contributed by atoms with Gasteiger partial charge in [-0.05, 0) is 42.5 Å². The monoisotopic (exact) mass is 280 g/mol. The highest BCUT2D eigenvalue weighted by atomic mass is 35.5. The van der Waals surface area contributed by atoms with Crippen LogP contribution in [-0.2, 0) is 4.79 Å². The van der Waals surface area contributed by atoms with Gasteiger partial charge in [0.1, 0.15) is 12.4 Å². The highest BCUT2D eigenvalue weighted by molar-refractivity contribution is 6.30. The van der Waals surface area contributed by atoms with Gasteiger partial charge in [-0.3, -0.25) is 4.79 Å². The molecule has 0 bridgehead atoms. The van der Waals surface area contributed by atoms with Crippen LogP contribution in [0.15, 0.2) is 18.2 Å². The average molecular weight is 281 g/mol. The van der Waals surface area contributed by atoms with Crippen molar-refractivity contribution in [2.24, 2.45) is 0 Å². The molecule has 0 aliphatic heterocycles. The largest absolute Gasteiger partial charge is 0.486 e. The molecule has 0 saturated heterocycles. The third-order valence-corrected chi connectivity index (χ3v) is 4.03. The van der Waals surface area contributed by atoms with Crippen LogP contribution in [0.1, 0.15) is 56.9 Å². The Morgan fingerprint density at radius 1 is 1.32 bits per heavy atom. The molecule has 0 unspecified atom stereocenters.